The van der Waals surface area contributed by atoms with Gasteiger partial charge in [0.15, 0.2) is 0 Å². The Labute approximate surface area is 172 Å². The monoisotopic (exact) mass is 393 g/mol. The number of imidazole rings is 1. The molecule has 1 aromatic carbocycles. The lowest BCUT2D eigenvalue weighted by molar-refractivity contribution is -0.0109. The Morgan fingerprint density at radius 3 is 2.41 bits per heavy atom. The maximum Gasteiger partial charge on any atom is 0.406 e. The van der Waals surface area contributed by atoms with Crippen molar-refractivity contribution in [2.24, 2.45) is 17.8 Å². The van der Waals surface area contributed by atoms with Gasteiger partial charge in [-0.1, -0.05) is 30.3 Å². The molecule has 0 unspecified atom stereocenters. The van der Waals surface area contributed by atoms with Gasteiger partial charge in [0.05, 0.1) is 7.11 Å². The minimum atomic E-state index is -0.375. The summed E-state index contributed by atoms with van der Waals surface area (Å²) in [4.78, 5) is 16.5. The highest BCUT2D eigenvalue weighted by Crippen LogP contribution is 2.60. The summed E-state index contributed by atoms with van der Waals surface area (Å²) in [7, 11) is 1.40. The zero-order chi connectivity index (χ0) is 19.8. The number of hydrogen-bond donors (Lipinski definition) is 1. The van der Waals surface area contributed by atoms with Gasteiger partial charge in [0.25, 0.3) is 0 Å². The van der Waals surface area contributed by atoms with Gasteiger partial charge in [-0.05, 0) is 61.8 Å². The molecule has 5 nitrogen and oxygen atoms in total. The van der Waals surface area contributed by atoms with Crippen molar-refractivity contribution >= 4 is 6.09 Å². The number of aromatic nitrogens is 2. The number of carbonyl (C=O) groups excluding carboxylic acids is 1. The van der Waals surface area contributed by atoms with Gasteiger partial charge in [0, 0.05) is 36.8 Å². The molecule has 0 radical (unpaired) electrons. The number of carbonyl (C=O) groups is 1. The summed E-state index contributed by atoms with van der Waals surface area (Å²) < 4.78 is 7.17. The highest BCUT2D eigenvalue weighted by atomic mass is 16.5. The zero-order valence-electron chi connectivity index (χ0n) is 17.3. The van der Waals surface area contributed by atoms with E-state index < -0.39 is 0 Å². The van der Waals surface area contributed by atoms with Crippen LogP contribution in [0, 0.1) is 17.8 Å². The molecule has 29 heavy (non-hydrogen) atoms. The second-order valence-electron chi connectivity index (χ2n) is 9.51. The number of hydrogen-bond acceptors (Lipinski definition) is 3. The first-order valence-corrected chi connectivity index (χ1v) is 11.1. The van der Waals surface area contributed by atoms with Crippen molar-refractivity contribution in [2.75, 3.05) is 13.7 Å². The zero-order valence-corrected chi connectivity index (χ0v) is 17.3. The fourth-order valence-electron chi connectivity index (χ4n) is 6.73. The number of benzene rings is 1. The molecule has 1 N–H and O–H groups in total. The number of amides is 1. The third-order valence-corrected chi connectivity index (χ3v) is 7.47. The predicted octanol–water partition coefficient (Wildman–Crippen LogP) is 4.30. The number of ether oxygens (including phenoxy) is 1. The summed E-state index contributed by atoms with van der Waals surface area (Å²) in [6, 6.07) is 10.7. The van der Waals surface area contributed by atoms with Gasteiger partial charge in [0.1, 0.15) is 5.82 Å². The highest BCUT2D eigenvalue weighted by molar-refractivity contribution is 5.66. The van der Waals surface area contributed by atoms with Crippen molar-refractivity contribution in [1.82, 2.24) is 14.9 Å². The van der Waals surface area contributed by atoms with Crippen LogP contribution >= 0.6 is 0 Å². The van der Waals surface area contributed by atoms with Gasteiger partial charge in [0.2, 0.25) is 0 Å². The van der Waals surface area contributed by atoms with Crippen LogP contribution in [0.2, 0.25) is 0 Å². The Morgan fingerprint density at radius 2 is 1.79 bits per heavy atom. The molecule has 0 atom stereocenters. The number of methoxy groups -OCH3 is 1. The largest absolute Gasteiger partial charge is 0.453 e. The Hall–Kier alpha value is -2.30. The second kappa shape index (κ2) is 7.51. The first-order chi connectivity index (χ1) is 14.1. The minimum Gasteiger partial charge on any atom is -0.453 e. The van der Waals surface area contributed by atoms with E-state index in [4.69, 9.17) is 9.72 Å². The lowest BCUT2D eigenvalue weighted by Gasteiger charge is -2.56. The standard InChI is InChI=1S/C24H31N3O2/c1-29-23(28)25-8-7-21-15-26-22(27(21)16-17-5-3-2-4-6-17)24-12-18-9-19(13-24)11-20(10-18)14-24/h2-6,15,18-20H,7-14,16H2,1H3,(H,25,28). The third kappa shape index (κ3) is 3.56. The van der Waals surface area contributed by atoms with E-state index in [1.54, 1.807) is 0 Å². The van der Waals surface area contributed by atoms with Gasteiger partial charge in [-0.25, -0.2) is 9.78 Å². The lowest BCUT2D eigenvalue weighted by Crippen LogP contribution is -2.49. The number of alkyl carbamates (subject to hydrolysis) is 1. The lowest BCUT2D eigenvalue weighted by atomic mass is 9.49. The summed E-state index contributed by atoms with van der Waals surface area (Å²) in [5, 5.41) is 2.81. The van der Waals surface area contributed by atoms with Crippen molar-refractivity contribution in [3.05, 3.63) is 53.6 Å². The van der Waals surface area contributed by atoms with Crippen molar-refractivity contribution in [3.8, 4) is 0 Å². The third-order valence-electron chi connectivity index (χ3n) is 7.47. The molecule has 2 aromatic rings. The Morgan fingerprint density at radius 1 is 1.14 bits per heavy atom. The molecule has 4 bridgehead atoms. The number of rotatable bonds is 6. The van der Waals surface area contributed by atoms with Crippen LogP contribution in [0.15, 0.2) is 36.5 Å². The Balaban J connectivity index is 1.46. The summed E-state index contributed by atoms with van der Waals surface area (Å²) >= 11 is 0. The van der Waals surface area contributed by atoms with Crippen LogP contribution < -0.4 is 5.32 Å². The molecule has 1 heterocycles. The van der Waals surface area contributed by atoms with Gasteiger partial charge >= 0.3 is 6.09 Å². The van der Waals surface area contributed by atoms with Gasteiger partial charge in [-0.3, -0.25) is 0 Å². The van der Waals surface area contributed by atoms with Gasteiger partial charge < -0.3 is 14.6 Å². The Kier molecular flexibility index (Phi) is 4.84. The van der Waals surface area contributed by atoms with Crippen molar-refractivity contribution < 1.29 is 9.53 Å². The van der Waals surface area contributed by atoms with E-state index in [1.807, 2.05) is 0 Å². The highest BCUT2D eigenvalue weighted by Gasteiger charge is 2.53. The average Bonchev–Trinajstić information content (AvgIpc) is 3.11. The van der Waals surface area contributed by atoms with Crippen LogP contribution in [0.4, 0.5) is 4.79 Å². The fourth-order valence-corrected chi connectivity index (χ4v) is 6.73. The van der Waals surface area contributed by atoms with Crippen LogP contribution in [-0.4, -0.2) is 29.3 Å². The molecule has 1 amide bonds. The predicted molar refractivity (Wildman–Crippen MR) is 112 cm³/mol. The van der Waals surface area contributed by atoms with Crippen LogP contribution in [0.1, 0.15) is 55.6 Å². The van der Waals surface area contributed by atoms with Crippen molar-refractivity contribution in [1.29, 1.82) is 0 Å². The van der Waals surface area contributed by atoms with E-state index >= 15 is 0 Å². The molecule has 4 aliphatic carbocycles. The SMILES string of the molecule is COC(=O)NCCc1cnc(C23CC4CC(CC(C4)C2)C3)n1Cc1ccccc1. The van der Waals surface area contributed by atoms with Gasteiger partial charge in [-0.2, -0.15) is 0 Å². The van der Waals surface area contributed by atoms with Crippen LogP contribution in [0.25, 0.3) is 0 Å². The molecule has 0 saturated heterocycles. The van der Waals surface area contributed by atoms with E-state index in [9.17, 15) is 4.79 Å². The fraction of sp³-hybridized carbons (Fsp3) is 0.583. The van der Waals surface area contributed by atoms with Gasteiger partial charge in [-0.15, -0.1) is 0 Å². The molecule has 4 aliphatic rings. The molecule has 154 valence electrons. The molecule has 0 aliphatic heterocycles. The second-order valence-corrected chi connectivity index (χ2v) is 9.51. The van der Waals surface area contributed by atoms with Crippen molar-refractivity contribution in [3.63, 3.8) is 0 Å². The van der Waals surface area contributed by atoms with E-state index in [-0.39, 0.29) is 11.5 Å². The molecular formula is C24H31N3O2. The molecule has 4 fully saturated rings. The van der Waals surface area contributed by atoms with E-state index in [0.717, 1.165) is 30.7 Å². The summed E-state index contributed by atoms with van der Waals surface area (Å²) in [5.41, 5.74) is 2.77. The molecule has 0 spiro atoms. The number of nitrogens with one attached hydrogen (secondary N) is 1. The van der Waals surface area contributed by atoms with E-state index in [1.165, 1.54) is 62.7 Å². The molecular weight excluding hydrogens is 362 g/mol. The quantitative estimate of drug-likeness (QED) is 0.796. The van der Waals surface area contributed by atoms with Crippen LogP contribution in [0.3, 0.4) is 0 Å². The topological polar surface area (TPSA) is 56.1 Å². The van der Waals surface area contributed by atoms with Crippen LogP contribution in [0.5, 0.6) is 0 Å². The average molecular weight is 394 g/mol. The molecule has 4 saturated carbocycles. The maximum atomic E-state index is 11.5. The number of nitrogens with zero attached hydrogens (tertiary/aromatic N) is 2. The molecule has 1 aromatic heterocycles. The first-order valence-electron chi connectivity index (χ1n) is 11.1. The molecule has 6 rings (SSSR count). The van der Waals surface area contributed by atoms with Crippen molar-refractivity contribution in [2.45, 2.75) is 56.9 Å². The molecule has 5 heteroatoms. The maximum absolute atomic E-state index is 11.5. The first kappa shape index (κ1) is 18.7. The van der Waals surface area contributed by atoms with Crippen LogP contribution in [-0.2, 0) is 23.1 Å². The summed E-state index contributed by atoms with van der Waals surface area (Å²) in [6.07, 6.45) is 10.7. The minimum absolute atomic E-state index is 0.261. The normalized spacial score (nSPS) is 29.8. The smallest absolute Gasteiger partial charge is 0.406 e. The summed E-state index contributed by atoms with van der Waals surface area (Å²) in [6.45, 7) is 1.42. The summed E-state index contributed by atoms with van der Waals surface area (Å²) in [5.74, 6) is 3.99. The van der Waals surface area contributed by atoms with E-state index in [2.05, 4.69) is 46.4 Å². The Bertz CT molecular complexity index is 838. The van der Waals surface area contributed by atoms with E-state index in [0.29, 0.717) is 6.54 Å².